The van der Waals surface area contributed by atoms with E-state index in [9.17, 15) is 9.59 Å². The highest BCUT2D eigenvalue weighted by molar-refractivity contribution is 5.90. The van der Waals surface area contributed by atoms with Gasteiger partial charge in [-0.1, -0.05) is 37.3 Å². The van der Waals surface area contributed by atoms with Crippen molar-refractivity contribution in [1.29, 1.82) is 0 Å². The van der Waals surface area contributed by atoms with Crippen LogP contribution in [0.2, 0.25) is 0 Å². The van der Waals surface area contributed by atoms with Crippen molar-refractivity contribution < 1.29 is 9.59 Å². The number of carbonyl (C=O) groups is 2. The first-order chi connectivity index (χ1) is 12.1. The van der Waals surface area contributed by atoms with Crippen LogP contribution in [0.5, 0.6) is 0 Å². The van der Waals surface area contributed by atoms with Gasteiger partial charge in [0.05, 0.1) is 6.20 Å². The fraction of sp³-hybridized carbons (Fsp3) is 0.421. The summed E-state index contributed by atoms with van der Waals surface area (Å²) in [5, 5.41) is 9.95. The van der Waals surface area contributed by atoms with Crippen molar-refractivity contribution in [2.45, 2.75) is 32.7 Å². The van der Waals surface area contributed by atoms with E-state index in [1.165, 1.54) is 5.56 Å². The maximum absolute atomic E-state index is 12.1. The van der Waals surface area contributed by atoms with Crippen molar-refractivity contribution in [3.63, 3.8) is 0 Å². The molecule has 2 amide bonds. The van der Waals surface area contributed by atoms with E-state index < -0.39 is 0 Å². The number of nitrogens with zero attached hydrogens (tertiary/aromatic N) is 2. The quantitative estimate of drug-likeness (QED) is 0.774. The van der Waals surface area contributed by atoms with Gasteiger partial charge in [0.25, 0.3) is 0 Å². The van der Waals surface area contributed by atoms with Crippen molar-refractivity contribution >= 4 is 17.6 Å². The molecule has 25 heavy (non-hydrogen) atoms. The first-order valence-electron chi connectivity index (χ1n) is 8.77. The van der Waals surface area contributed by atoms with Gasteiger partial charge in [-0.2, -0.15) is 5.10 Å². The van der Waals surface area contributed by atoms with Gasteiger partial charge in [-0.3, -0.25) is 9.59 Å². The summed E-state index contributed by atoms with van der Waals surface area (Å²) < 4.78 is 1.79. The minimum absolute atomic E-state index is 0.0632. The Morgan fingerprint density at radius 2 is 2.00 bits per heavy atom. The summed E-state index contributed by atoms with van der Waals surface area (Å²) in [7, 11) is 0. The number of amides is 2. The lowest BCUT2D eigenvalue weighted by molar-refractivity contribution is -0.122. The minimum atomic E-state index is -0.120. The lowest BCUT2D eigenvalue weighted by Gasteiger charge is -2.09. The van der Waals surface area contributed by atoms with Crippen LogP contribution in [0.25, 0.3) is 0 Å². The molecule has 1 aliphatic carbocycles. The van der Waals surface area contributed by atoms with E-state index in [1.807, 2.05) is 18.2 Å². The second-order valence-corrected chi connectivity index (χ2v) is 6.58. The summed E-state index contributed by atoms with van der Waals surface area (Å²) in [5.74, 6) is 1.25. The third kappa shape index (κ3) is 4.92. The van der Waals surface area contributed by atoms with E-state index in [0.717, 1.165) is 12.8 Å². The molecule has 132 valence electrons. The number of anilines is 1. The molecule has 6 nitrogen and oxygen atoms in total. The second-order valence-electron chi connectivity index (χ2n) is 6.58. The summed E-state index contributed by atoms with van der Waals surface area (Å²) in [5.41, 5.74) is 1.23. The van der Waals surface area contributed by atoms with Crippen LogP contribution in [-0.4, -0.2) is 28.1 Å². The molecule has 0 spiro atoms. The maximum Gasteiger partial charge on any atom is 0.227 e. The Balaban J connectivity index is 1.42. The van der Waals surface area contributed by atoms with Gasteiger partial charge < -0.3 is 10.6 Å². The van der Waals surface area contributed by atoms with E-state index in [2.05, 4.69) is 34.8 Å². The zero-order valence-electron chi connectivity index (χ0n) is 14.4. The lowest BCUT2D eigenvalue weighted by Crippen LogP contribution is -2.29. The van der Waals surface area contributed by atoms with Gasteiger partial charge in [-0.15, -0.1) is 0 Å². The largest absolute Gasteiger partial charge is 0.355 e. The average molecular weight is 340 g/mol. The summed E-state index contributed by atoms with van der Waals surface area (Å²) in [6, 6.07) is 11.9. The lowest BCUT2D eigenvalue weighted by atomic mass is 10.1. The van der Waals surface area contributed by atoms with Crippen molar-refractivity contribution in [3.8, 4) is 0 Å². The van der Waals surface area contributed by atoms with Crippen LogP contribution in [0.1, 0.15) is 25.3 Å². The van der Waals surface area contributed by atoms with Gasteiger partial charge in [-0.25, -0.2) is 4.68 Å². The molecule has 1 aromatic carbocycles. The van der Waals surface area contributed by atoms with Crippen LogP contribution in [0, 0.1) is 11.8 Å². The molecule has 2 N–H and O–H groups in total. The van der Waals surface area contributed by atoms with Crippen LogP contribution < -0.4 is 10.6 Å². The first-order valence-corrected chi connectivity index (χ1v) is 8.77. The summed E-state index contributed by atoms with van der Waals surface area (Å²) in [6.45, 7) is 3.13. The molecule has 0 aliphatic heterocycles. The third-order valence-corrected chi connectivity index (χ3v) is 4.54. The van der Waals surface area contributed by atoms with Crippen molar-refractivity contribution in [2.75, 3.05) is 11.9 Å². The number of aryl methyl sites for hydroxylation is 2. The Labute approximate surface area is 147 Å². The van der Waals surface area contributed by atoms with E-state index >= 15 is 0 Å². The predicted octanol–water partition coefficient (Wildman–Crippen LogP) is 2.23. The van der Waals surface area contributed by atoms with Crippen molar-refractivity contribution in [3.05, 3.63) is 48.2 Å². The Kier molecular flexibility index (Phi) is 5.48. The third-order valence-electron chi connectivity index (χ3n) is 4.54. The molecule has 1 heterocycles. The Bertz CT molecular complexity index is 726. The van der Waals surface area contributed by atoms with Crippen LogP contribution >= 0.6 is 0 Å². The van der Waals surface area contributed by atoms with Crippen LogP contribution in [0.4, 0.5) is 5.82 Å². The smallest absolute Gasteiger partial charge is 0.227 e. The van der Waals surface area contributed by atoms with E-state index in [1.54, 1.807) is 16.9 Å². The Morgan fingerprint density at radius 1 is 1.24 bits per heavy atom. The molecule has 1 saturated carbocycles. The van der Waals surface area contributed by atoms with Gasteiger partial charge in [0.2, 0.25) is 11.8 Å². The molecule has 1 fully saturated rings. The zero-order chi connectivity index (χ0) is 17.6. The van der Waals surface area contributed by atoms with E-state index in [0.29, 0.717) is 24.8 Å². The second kappa shape index (κ2) is 7.96. The highest BCUT2D eigenvalue weighted by Gasteiger charge is 2.38. The molecule has 0 bridgehead atoms. The molecule has 0 unspecified atom stereocenters. The van der Waals surface area contributed by atoms with Crippen molar-refractivity contribution in [2.24, 2.45) is 11.8 Å². The molecule has 2 atom stereocenters. The van der Waals surface area contributed by atoms with Gasteiger partial charge >= 0.3 is 0 Å². The highest BCUT2D eigenvalue weighted by atomic mass is 16.2. The summed E-state index contributed by atoms with van der Waals surface area (Å²) >= 11 is 0. The number of benzene rings is 1. The first kappa shape index (κ1) is 17.2. The van der Waals surface area contributed by atoms with Gasteiger partial charge in [0, 0.05) is 31.5 Å². The summed E-state index contributed by atoms with van der Waals surface area (Å²) in [4.78, 5) is 23.8. The Morgan fingerprint density at radius 3 is 2.72 bits per heavy atom. The predicted molar refractivity (Wildman–Crippen MR) is 95.9 cm³/mol. The number of nitrogens with one attached hydrogen (secondary N) is 2. The minimum Gasteiger partial charge on any atom is -0.355 e. The van der Waals surface area contributed by atoms with Gasteiger partial charge in [0.1, 0.15) is 5.82 Å². The molecule has 3 rings (SSSR count). The number of hydrogen-bond acceptors (Lipinski definition) is 3. The number of hydrogen-bond donors (Lipinski definition) is 2. The SMILES string of the molecule is C[C@@H]1C[C@H]1C(=O)NCCC(=O)Nc1ccnn1CCc1ccccc1. The van der Waals surface area contributed by atoms with Gasteiger partial charge in [0.15, 0.2) is 0 Å². The molecular formula is C19H24N4O2. The van der Waals surface area contributed by atoms with E-state index in [-0.39, 0.29) is 24.2 Å². The fourth-order valence-corrected chi connectivity index (χ4v) is 2.82. The normalized spacial score (nSPS) is 18.6. The molecule has 0 saturated heterocycles. The number of carbonyl (C=O) groups excluding carboxylic acids is 2. The standard InChI is InChI=1S/C19H24N4O2/c1-14-13-16(14)19(25)20-10-8-18(24)22-17-7-11-21-23(17)12-9-15-5-3-2-4-6-15/h2-7,11,14,16H,8-10,12-13H2,1H3,(H,20,25)(H,22,24)/t14-,16-/m1/s1. The highest BCUT2D eigenvalue weighted by Crippen LogP contribution is 2.37. The maximum atomic E-state index is 12.1. The molecule has 2 aromatic rings. The van der Waals surface area contributed by atoms with Crippen LogP contribution in [-0.2, 0) is 22.6 Å². The summed E-state index contributed by atoms with van der Waals surface area (Å²) in [6.07, 6.45) is 3.74. The molecule has 6 heteroatoms. The molecule has 1 aromatic heterocycles. The van der Waals surface area contributed by atoms with Crippen LogP contribution in [0.15, 0.2) is 42.6 Å². The molecule has 0 radical (unpaired) electrons. The van der Waals surface area contributed by atoms with Gasteiger partial charge in [-0.05, 0) is 24.3 Å². The Hall–Kier alpha value is -2.63. The van der Waals surface area contributed by atoms with E-state index in [4.69, 9.17) is 0 Å². The van der Waals surface area contributed by atoms with Crippen molar-refractivity contribution in [1.82, 2.24) is 15.1 Å². The fourth-order valence-electron chi connectivity index (χ4n) is 2.82. The monoisotopic (exact) mass is 340 g/mol. The molecular weight excluding hydrogens is 316 g/mol. The number of aromatic nitrogens is 2. The molecule has 1 aliphatic rings. The number of rotatable bonds is 8. The zero-order valence-corrected chi connectivity index (χ0v) is 14.4. The average Bonchev–Trinajstić information content (AvgIpc) is 3.19. The van der Waals surface area contributed by atoms with Crippen LogP contribution in [0.3, 0.4) is 0 Å². The topological polar surface area (TPSA) is 76.0 Å².